The highest BCUT2D eigenvalue weighted by Crippen LogP contribution is 2.11. The highest BCUT2D eigenvalue weighted by Gasteiger charge is 2.00. The second-order valence-corrected chi connectivity index (χ2v) is 2.47. The lowest BCUT2D eigenvalue weighted by molar-refractivity contribution is 0.619. The smallest absolute Gasteiger partial charge is 0.164 e. The van der Waals surface area contributed by atoms with Gasteiger partial charge in [0.05, 0.1) is 0 Å². The van der Waals surface area contributed by atoms with E-state index in [-0.39, 0.29) is 5.15 Å². The fraction of sp³-hybridized carbons (Fsp3) is 0.286. The van der Waals surface area contributed by atoms with Crippen LogP contribution < -0.4 is 5.73 Å². The number of hydrogen-bond donors (Lipinski definition) is 1. The Morgan fingerprint density at radius 2 is 2.27 bits per heavy atom. The van der Waals surface area contributed by atoms with Crippen LogP contribution in [-0.2, 0) is 6.42 Å². The Kier molecular flexibility index (Phi) is 2.79. The molecule has 0 aromatic carbocycles. The maximum absolute atomic E-state index is 12.5. The SMILES string of the molecule is NCCc1ccc(F)c(Cl)n1. The lowest BCUT2D eigenvalue weighted by atomic mass is 10.3. The molecule has 1 rings (SSSR count). The first-order valence-electron chi connectivity index (χ1n) is 3.25. The Bertz CT molecular complexity index is 252. The molecule has 2 nitrogen and oxygen atoms in total. The van der Waals surface area contributed by atoms with Crippen LogP contribution in [0.5, 0.6) is 0 Å². The standard InChI is InChI=1S/C7H8ClFN2/c8-7-6(9)2-1-5(11-7)3-4-10/h1-2H,3-4,10H2. The molecule has 60 valence electrons. The van der Waals surface area contributed by atoms with E-state index in [0.29, 0.717) is 13.0 Å². The molecule has 4 heteroatoms. The zero-order valence-corrected chi connectivity index (χ0v) is 6.61. The first-order chi connectivity index (χ1) is 5.24. The number of hydrogen-bond acceptors (Lipinski definition) is 2. The fourth-order valence-electron chi connectivity index (χ4n) is 0.742. The molecular weight excluding hydrogens is 167 g/mol. The van der Waals surface area contributed by atoms with E-state index in [0.717, 1.165) is 5.69 Å². The first-order valence-corrected chi connectivity index (χ1v) is 3.63. The van der Waals surface area contributed by atoms with Crippen molar-refractivity contribution < 1.29 is 4.39 Å². The zero-order chi connectivity index (χ0) is 8.27. The van der Waals surface area contributed by atoms with Gasteiger partial charge in [0.2, 0.25) is 0 Å². The Balaban J connectivity index is 2.86. The van der Waals surface area contributed by atoms with Crippen LogP contribution >= 0.6 is 11.6 Å². The number of rotatable bonds is 2. The molecule has 0 spiro atoms. The minimum atomic E-state index is -0.493. The van der Waals surface area contributed by atoms with Gasteiger partial charge >= 0.3 is 0 Å². The molecule has 0 aliphatic carbocycles. The molecule has 1 heterocycles. The van der Waals surface area contributed by atoms with E-state index >= 15 is 0 Å². The second kappa shape index (κ2) is 3.64. The van der Waals surface area contributed by atoms with E-state index in [1.807, 2.05) is 0 Å². The molecule has 1 aromatic rings. The summed E-state index contributed by atoms with van der Waals surface area (Å²) in [5.74, 6) is -0.493. The number of pyridine rings is 1. The molecule has 0 bridgehead atoms. The molecule has 0 fully saturated rings. The molecule has 0 aliphatic heterocycles. The fourth-order valence-corrected chi connectivity index (χ4v) is 0.914. The van der Waals surface area contributed by atoms with Crippen LogP contribution in [0, 0.1) is 5.82 Å². The monoisotopic (exact) mass is 174 g/mol. The van der Waals surface area contributed by atoms with Gasteiger partial charge in [0, 0.05) is 12.1 Å². The van der Waals surface area contributed by atoms with Crippen molar-refractivity contribution in [2.45, 2.75) is 6.42 Å². The highest BCUT2D eigenvalue weighted by atomic mass is 35.5. The van der Waals surface area contributed by atoms with Gasteiger partial charge in [-0.05, 0) is 18.7 Å². The van der Waals surface area contributed by atoms with E-state index in [1.54, 1.807) is 6.07 Å². The molecular formula is C7H8ClFN2. The zero-order valence-electron chi connectivity index (χ0n) is 5.85. The molecule has 0 amide bonds. The van der Waals surface area contributed by atoms with Crippen molar-refractivity contribution in [1.29, 1.82) is 0 Å². The maximum Gasteiger partial charge on any atom is 0.164 e. The lowest BCUT2D eigenvalue weighted by Crippen LogP contribution is -2.04. The third-order valence-corrected chi connectivity index (χ3v) is 1.53. The normalized spacial score (nSPS) is 10.1. The summed E-state index contributed by atoms with van der Waals surface area (Å²) in [6.45, 7) is 0.495. The van der Waals surface area contributed by atoms with Gasteiger partial charge in [-0.25, -0.2) is 9.37 Å². The highest BCUT2D eigenvalue weighted by molar-refractivity contribution is 6.29. The van der Waals surface area contributed by atoms with Crippen LogP contribution in [0.15, 0.2) is 12.1 Å². The van der Waals surface area contributed by atoms with Gasteiger partial charge in [0.15, 0.2) is 11.0 Å². The summed E-state index contributed by atoms with van der Waals surface area (Å²) in [5, 5.41) is -0.0871. The summed E-state index contributed by atoms with van der Waals surface area (Å²) in [6.07, 6.45) is 0.625. The lowest BCUT2D eigenvalue weighted by Gasteiger charge is -1.97. The van der Waals surface area contributed by atoms with Crippen LogP contribution in [0.4, 0.5) is 4.39 Å². The van der Waals surface area contributed by atoms with Crippen LogP contribution in [-0.4, -0.2) is 11.5 Å². The van der Waals surface area contributed by atoms with Crippen LogP contribution in [0.25, 0.3) is 0 Å². The predicted molar refractivity (Wildman–Crippen MR) is 42.0 cm³/mol. The van der Waals surface area contributed by atoms with Gasteiger partial charge in [-0.1, -0.05) is 11.6 Å². The predicted octanol–water partition coefficient (Wildman–Crippen LogP) is 1.38. The maximum atomic E-state index is 12.5. The average Bonchev–Trinajstić information content (AvgIpc) is 1.98. The largest absolute Gasteiger partial charge is 0.330 e. The van der Waals surface area contributed by atoms with Gasteiger partial charge in [-0.2, -0.15) is 0 Å². The van der Waals surface area contributed by atoms with Crippen LogP contribution in [0.2, 0.25) is 5.15 Å². The number of nitrogens with zero attached hydrogens (tertiary/aromatic N) is 1. The summed E-state index contributed by atoms with van der Waals surface area (Å²) in [5.41, 5.74) is 5.99. The van der Waals surface area contributed by atoms with Crippen molar-refractivity contribution in [3.63, 3.8) is 0 Å². The van der Waals surface area contributed by atoms with Gasteiger partial charge in [-0.15, -0.1) is 0 Å². The number of nitrogens with two attached hydrogens (primary N) is 1. The molecule has 1 aromatic heterocycles. The molecule has 0 saturated heterocycles. The van der Waals surface area contributed by atoms with Gasteiger partial charge in [0.1, 0.15) is 0 Å². The number of aromatic nitrogens is 1. The summed E-state index contributed by atoms with van der Waals surface area (Å²) in [7, 11) is 0. The topological polar surface area (TPSA) is 38.9 Å². The molecule has 0 radical (unpaired) electrons. The molecule has 2 N–H and O–H groups in total. The van der Waals surface area contributed by atoms with E-state index in [1.165, 1.54) is 6.07 Å². The van der Waals surface area contributed by atoms with Crippen molar-refractivity contribution in [3.05, 3.63) is 28.8 Å². The quantitative estimate of drug-likeness (QED) is 0.688. The minimum Gasteiger partial charge on any atom is -0.330 e. The molecule has 0 aliphatic rings. The van der Waals surface area contributed by atoms with Crippen molar-refractivity contribution in [3.8, 4) is 0 Å². The Morgan fingerprint density at radius 1 is 1.55 bits per heavy atom. The van der Waals surface area contributed by atoms with E-state index in [4.69, 9.17) is 17.3 Å². The van der Waals surface area contributed by atoms with Crippen molar-refractivity contribution in [1.82, 2.24) is 4.98 Å². The summed E-state index contributed by atoms with van der Waals surface area (Å²) in [6, 6.07) is 2.87. The van der Waals surface area contributed by atoms with E-state index in [2.05, 4.69) is 4.98 Å². The molecule has 0 saturated carbocycles. The number of halogens is 2. The third-order valence-electron chi connectivity index (χ3n) is 1.26. The summed E-state index contributed by atoms with van der Waals surface area (Å²) < 4.78 is 12.5. The summed E-state index contributed by atoms with van der Waals surface area (Å²) >= 11 is 5.42. The Labute approximate surface area is 69.2 Å². The van der Waals surface area contributed by atoms with E-state index in [9.17, 15) is 4.39 Å². The Morgan fingerprint density at radius 3 is 2.82 bits per heavy atom. The minimum absolute atomic E-state index is 0.0871. The first kappa shape index (κ1) is 8.43. The Hall–Kier alpha value is -0.670. The van der Waals surface area contributed by atoms with Gasteiger partial charge in [-0.3, -0.25) is 0 Å². The van der Waals surface area contributed by atoms with E-state index < -0.39 is 5.82 Å². The van der Waals surface area contributed by atoms with Crippen molar-refractivity contribution in [2.24, 2.45) is 5.73 Å². The third kappa shape index (κ3) is 2.13. The van der Waals surface area contributed by atoms with Crippen molar-refractivity contribution in [2.75, 3.05) is 6.54 Å². The van der Waals surface area contributed by atoms with Crippen LogP contribution in [0.1, 0.15) is 5.69 Å². The van der Waals surface area contributed by atoms with Gasteiger partial charge < -0.3 is 5.73 Å². The van der Waals surface area contributed by atoms with Gasteiger partial charge in [0.25, 0.3) is 0 Å². The average molecular weight is 175 g/mol. The molecule has 11 heavy (non-hydrogen) atoms. The van der Waals surface area contributed by atoms with Crippen LogP contribution in [0.3, 0.4) is 0 Å². The molecule has 0 atom stereocenters. The van der Waals surface area contributed by atoms with Crippen molar-refractivity contribution >= 4 is 11.6 Å². The summed E-state index contributed by atoms with van der Waals surface area (Å²) in [4.78, 5) is 3.77. The second-order valence-electron chi connectivity index (χ2n) is 2.11. The molecule has 0 unspecified atom stereocenters.